The third-order valence-corrected chi connectivity index (χ3v) is 5.98. The van der Waals surface area contributed by atoms with E-state index in [0.717, 1.165) is 6.61 Å². The van der Waals surface area contributed by atoms with Crippen LogP contribution in [-0.2, 0) is 4.74 Å². The molecule has 1 atom stereocenters. The predicted molar refractivity (Wildman–Crippen MR) is 92.3 cm³/mol. The fourth-order valence-corrected chi connectivity index (χ4v) is 4.30. The van der Waals surface area contributed by atoms with Crippen molar-refractivity contribution < 1.29 is 4.74 Å². The van der Waals surface area contributed by atoms with Crippen molar-refractivity contribution in [3.63, 3.8) is 0 Å². The molecule has 3 nitrogen and oxygen atoms in total. The molecule has 22 heavy (non-hydrogen) atoms. The van der Waals surface area contributed by atoms with Gasteiger partial charge in [0, 0.05) is 19.7 Å². The molecule has 0 aromatic rings. The maximum Gasteiger partial charge on any atom is 0.0577 e. The van der Waals surface area contributed by atoms with Crippen molar-refractivity contribution in [3.8, 4) is 0 Å². The zero-order chi connectivity index (χ0) is 15.3. The van der Waals surface area contributed by atoms with Gasteiger partial charge in [0.05, 0.1) is 6.10 Å². The van der Waals surface area contributed by atoms with Gasteiger partial charge in [-0.2, -0.15) is 0 Å². The quantitative estimate of drug-likeness (QED) is 0.574. The molecule has 3 aliphatic rings. The molecule has 1 saturated carbocycles. The summed E-state index contributed by atoms with van der Waals surface area (Å²) in [6.45, 7) is 11.3. The predicted octanol–water partition coefficient (Wildman–Crippen LogP) is 3.53. The molecule has 0 bridgehead atoms. The zero-order valence-electron chi connectivity index (χ0n) is 14.7. The van der Waals surface area contributed by atoms with Crippen LogP contribution in [0.4, 0.5) is 0 Å². The molecular formula is C19H36N2O. The highest BCUT2D eigenvalue weighted by molar-refractivity contribution is 4.96. The van der Waals surface area contributed by atoms with Gasteiger partial charge in [-0.05, 0) is 70.1 Å². The second kappa shape index (κ2) is 8.12. The van der Waals surface area contributed by atoms with Crippen molar-refractivity contribution in [1.29, 1.82) is 0 Å². The van der Waals surface area contributed by atoms with Crippen molar-refractivity contribution in [3.05, 3.63) is 0 Å². The number of hydrogen-bond donors (Lipinski definition) is 0. The second-order valence-corrected chi connectivity index (χ2v) is 7.98. The summed E-state index contributed by atoms with van der Waals surface area (Å²) in [5.41, 5.74) is 0.663. The number of nitrogens with zero attached hydrogens (tertiary/aromatic N) is 2. The molecule has 1 spiro atoms. The van der Waals surface area contributed by atoms with Gasteiger partial charge < -0.3 is 14.5 Å². The van der Waals surface area contributed by atoms with Crippen molar-refractivity contribution in [2.75, 3.05) is 45.9 Å². The highest BCUT2D eigenvalue weighted by Crippen LogP contribution is 2.39. The van der Waals surface area contributed by atoms with Crippen molar-refractivity contribution in [2.45, 2.75) is 70.8 Å². The van der Waals surface area contributed by atoms with Crippen LogP contribution in [0.2, 0.25) is 0 Å². The Morgan fingerprint density at radius 3 is 2.32 bits per heavy atom. The van der Waals surface area contributed by atoms with Crippen molar-refractivity contribution in [2.24, 2.45) is 5.41 Å². The molecule has 2 aliphatic heterocycles. The fourth-order valence-electron chi connectivity index (χ4n) is 4.30. The normalized spacial score (nSPS) is 29.9. The van der Waals surface area contributed by atoms with Crippen LogP contribution in [0.15, 0.2) is 0 Å². The third kappa shape index (κ3) is 4.94. The Balaban J connectivity index is 1.18. The lowest BCUT2D eigenvalue weighted by Gasteiger charge is -2.24. The minimum Gasteiger partial charge on any atom is -0.378 e. The number of ether oxygens (including phenoxy) is 1. The first-order valence-corrected chi connectivity index (χ1v) is 9.86. The summed E-state index contributed by atoms with van der Waals surface area (Å²) in [4.78, 5) is 5.39. The Morgan fingerprint density at radius 2 is 1.59 bits per heavy atom. The van der Waals surface area contributed by atoms with Crippen LogP contribution in [0.1, 0.15) is 64.7 Å². The monoisotopic (exact) mass is 308 g/mol. The largest absolute Gasteiger partial charge is 0.378 e. The smallest absolute Gasteiger partial charge is 0.0577 e. The van der Waals surface area contributed by atoms with Gasteiger partial charge in [-0.1, -0.05) is 26.2 Å². The van der Waals surface area contributed by atoms with E-state index in [1.54, 1.807) is 0 Å². The molecule has 0 aromatic heterocycles. The first-order chi connectivity index (χ1) is 10.8. The van der Waals surface area contributed by atoms with Gasteiger partial charge in [-0.15, -0.1) is 0 Å². The van der Waals surface area contributed by atoms with Gasteiger partial charge in [0.1, 0.15) is 0 Å². The molecule has 2 heterocycles. The molecule has 3 rings (SSSR count). The maximum absolute atomic E-state index is 5.70. The fraction of sp³-hybridized carbons (Fsp3) is 1.00. The van der Waals surface area contributed by atoms with Gasteiger partial charge in [-0.25, -0.2) is 0 Å². The van der Waals surface area contributed by atoms with Crippen LogP contribution in [0.3, 0.4) is 0 Å². The van der Waals surface area contributed by atoms with E-state index >= 15 is 0 Å². The number of unbranched alkanes of at least 4 members (excludes halogenated alkanes) is 4. The number of likely N-dealkylation sites (tertiary alicyclic amines) is 2. The average molecular weight is 309 g/mol. The van der Waals surface area contributed by atoms with E-state index in [-0.39, 0.29) is 0 Å². The minimum absolute atomic E-state index is 0.640. The molecule has 2 saturated heterocycles. The molecule has 0 amide bonds. The molecule has 3 heteroatoms. The lowest BCUT2D eigenvalue weighted by atomic mass is 9.86. The highest BCUT2D eigenvalue weighted by atomic mass is 16.5. The van der Waals surface area contributed by atoms with Gasteiger partial charge in [0.2, 0.25) is 0 Å². The SMILES string of the molecule is CCN1CCC2(CCN(CCCCCCCOC3CC3)C2)C1. The Bertz CT molecular complexity index is 331. The standard InChI is InChI=1S/C19H36N2O/c1-2-20-13-10-19(16-20)11-14-21(17-19)12-6-4-3-5-7-15-22-18-8-9-18/h18H,2-17H2,1H3. The molecule has 1 unspecified atom stereocenters. The lowest BCUT2D eigenvalue weighted by molar-refractivity contribution is 0.115. The van der Waals surface area contributed by atoms with Crippen LogP contribution >= 0.6 is 0 Å². The second-order valence-electron chi connectivity index (χ2n) is 7.98. The zero-order valence-corrected chi connectivity index (χ0v) is 14.7. The summed E-state index contributed by atoms with van der Waals surface area (Å²) in [5, 5.41) is 0. The summed E-state index contributed by atoms with van der Waals surface area (Å²) < 4.78 is 5.70. The van der Waals surface area contributed by atoms with E-state index in [0.29, 0.717) is 11.5 Å². The van der Waals surface area contributed by atoms with Gasteiger partial charge in [0.15, 0.2) is 0 Å². The van der Waals surface area contributed by atoms with Gasteiger partial charge in [0.25, 0.3) is 0 Å². The molecule has 3 fully saturated rings. The Kier molecular flexibility index (Phi) is 6.17. The Hall–Kier alpha value is -0.120. The van der Waals surface area contributed by atoms with Crippen LogP contribution < -0.4 is 0 Å². The maximum atomic E-state index is 5.70. The Labute approximate surface area is 137 Å². The van der Waals surface area contributed by atoms with Crippen LogP contribution in [-0.4, -0.2) is 61.8 Å². The van der Waals surface area contributed by atoms with E-state index < -0.39 is 0 Å². The number of hydrogen-bond acceptors (Lipinski definition) is 3. The van der Waals surface area contributed by atoms with Crippen molar-refractivity contribution in [1.82, 2.24) is 9.80 Å². The van der Waals surface area contributed by atoms with E-state index in [2.05, 4.69) is 16.7 Å². The van der Waals surface area contributed by atoms with E-state index in [1.165, 1.54) is 97.1 Å². The number of rotatable bonds is 10. The molecule has 0 N–H and O–H groups in total. The first-order valence-electron chi connectivity index (χ1n) is 9.86. The summed E-state index contributed by atoms with van der Waals surface area (Å²) >= 11 is 0. The Morgan fingerprint density at radius 1 is 0.909 bits per heavy atom. The molecule has 0 radical (unpaired) electrons. The van der Waals surface area contributed by atoms with E-state index in [9.17, 15) is 0 Å². The summed E-state index contributed by atoms with van der Waals surface area (Å²) in [5.74, 6) is 0. The molecular weight excluding hydrogens is 272 g/mol. The highest BCUT2D eigenvalue weighted by Gasteiger charge is 2.42. The van der Waals surface area contributed by atoms with E-state index in [4.69, 9.17) is 4.74 Å². The van der Waals surface area contributed by atoms with E-state index in [1.807, 2.05) is 0 Å². The third-order valence-electron chi connectivity index (χ3n) is 5.98. The van der Waals surface area contributed by atoms with Crippen LogP contribution in [0.25, 0.3) is 0 Å². The summed E-state index contributed by atoms with van der Waals surface area (Å²) in [7, 11) is 0. The summed E-state index contributed by atoms with van der Waals surface area (Å²) in [6.07, 6.45) is 13.0. The van der Waals surface area contributed by atoms with Crippen molar-refractivity contribution >= 4 is 0 Å². The topological polar surface area (TPSA) is 15.7 Å². The van der Waals surface area contributed by atoms with Gasteiger partial charge in [-0.3, -0.25) is 0 Å². The molecule has 128 valence electrons. The van der Waals surface area contributed by atoms with Gasteiger partial charge >= 0.3 is 0 Å². The van der Waals surface area contributed by atoms with Crippen LogP contribution in [0.5, 0.6) is 0 Å². The lowest BCUT2D eigenvalue weighted by Crippen LogP contribution is -2.31. The molecule has 1 aliphatic carbocycles. The van der Waals surface area contributed by atoms with Crippen LogP contribution in [0, 0.1) is 5.41 Å². The average Bonchev–Trinajstić information content (AvgIpc) is 3.14. The first kappa shape index (κ1) is 16.7. The minimum atomic E-state index is 0.640. The summed E-state index contributed by atoms with van der Waals surface area (Å²) in [6, 6.07) is 0. The molecule has 0 aromatic carbocycles.